The van der Waals surface area contributed by atoms with Gasteiger partial charge in [0.25, 0.3) is 11.8 Å². The molecule has 33 heavy (non-hydrogen) atoms. The Kier molecular flexibility index (Phi) is 9.13. The number of carboxylic acids is 1. The summed E-state index contributed by atoms with van der Waals surface area (Å²) in [7, 11) is 0. The zero-order chi connectivity index (χ0) is 23.8. The Morgan fingerprint density at radius 2 is 1.94 bits per heavy atom. The maximum Gasteiger partial charge on any atom is 0.303 e. The van der Waals surface area contributed by atoms with E-state index >= 15 is 0 Å². The first-order chi connectivity index (χ1) is 15.9. The quantitative estimate of drug-likeness (QED) is 0.391. The normalized spacial score (nSPS) is 17.5. The highest BCUT2D eigenvalue weighted by Gasteiger charge is 2.31. The van der Waals surface area contributed by atoms with E-state index in [9.17, 15) is 14.4 Å². The minimum absolute atomic E-state index is 0.0183. The molecule has 0 bridgehead atoms. The SMILES string of the molecule is CCOc1cc(/C=C2/SC(=S)N(CCCC(=O)O)C2=O)ccc1OCC(=O)N1CCCCC1. The number of likely N-dealkylation sites (tertiary alicyclic amines) is 1. The predicted molar refractivity (Wildman–Crippen MR) is 130 cm³/mol. The minimum Gasteiger partial charge on any atom is -0.490 e. The van der Waals surface area contributed by atoms with Crippen molar-refractivity contribution >= 4 is 52.2 Å². The highest BCUT2D eigenvalue weighted by molar-refractivity contribution is 8.26. The summed E-state index contributed by atoms with van der Waals surface area (Å²) >= 11 is 6.48. The maximum atomic E-state index is 12.7. The van der Waals surface area contributed by atoms with E-state index in [2.05, 4.69) is 0 Å². The van der Waals surface area contributed by atoms with Crippen LogP contribution in [0.25, 0.3) is 6.08 Å². The number of thiocarbonyl (C=S) groups is 1. The number of amides is 2. The van der Waals surface area contributed by atoms with Crippen LogP contribution in [0.1, 0.15) is 44.6 Å². The second kappa shape index (κ2) is 12.0. The van der Waals surface area contributed by atoms with Crippen molar-refractivity contribution in [3.05, 3.63) is 28.7 Å². The van der Waals surface area contributed by atoms with E-state index in [0.29, 0.717) is 33.8 Å². The lowest BCUT2D eigenvalue weighted by Gasteiger charge is -2.26. The summed E-state index contributed by atoms with van der Waals surface area (Å²) in [5.41, 5.74) is 0.735. The molecule has 0 aliphatic carbocycles. The van der Waals surface area contributed by atoms with Gasteiger partial charge in [-0.3, -0.25) is 19.3 Å². The number of aliphatic carboxylic acids is 1. The van der Waals surface area contributed by atoms with Gasteiger partial charge in [0.15, 0.2) is 18.1 Å². The molecule has 0 saturated carbocycles. The van der Waals surface area contributed by atoms with Gasteiger partial charge in [-0.25, -0.2) is 0 Å². The lowest BCUT2D eigenvalue weighted by Crippen LogP contribution is -2.38. The van der Waals surface area contributed by atoms with Gasteiger partial charge >= 0.3 is 5.97 Å². The van der Waals surface area contributed by atoms with E-state index in [1.54, 1.807) is 24.3 Å². The van der Waals surface area contributed by atoms with E-state index in [4.69, 9.17) is 26.8 Å². The number of rotatable bonds is 10. The summed E-state index contributed by atoms with van der Waals surface area (Å²) < 4.78 is 11.9. The third kappa shape index (κ3) is 6.94. The van der Waals surface area contributed by atoms with Crippen LogP contribution in [-0.2, 0) is 14.4 Å². The molecular formula is C23H28N2O6S2. The molecule has 0 aromatic heterocycles. The predicted octanol–water partition coefficient (Wildman–Crippen LogP) is 3.54. The summed E-state index contributed by atoms with van der Waals surface area (Å²) in [6.07, 6.45) is 5.25. The molecule has 2 saturated heterocycles. The fraction of sp³-hybridized carbons (Fsp3) is 0.478. The van der Waals surface area contributed by atoms with Gasteiger partial charge in [-0.2, -0.15) is 0 Å². The number of carboxylic acid groups (broad SMARTS) is 1. The molecular weight excluding hydrogens is 464 g/mol. The van der Waals surface area contributed by atoms with Crippen molar-refractivity contribution in [3.8, 4) is 11.5 Å². The molecule has 2 heterocycles. The smallest absolute Gasteiger partial charge is 0.303 e. The molecule has 0 radical (unpaired) electrons. The van der Waals surface area contributed by atoms with Crippen LogP contribution >= 0.6 is 24.0 Å². The Bertz CT molecular complexity index is 943. The van der Waals surface area contributed by atoms with Crippen LogP contribution in [0.2, 0.25) is 0 Å². The topological polar surface area (TPSA) is 96.4 Å². The number of nitrogens with zero attached hydrogens (tertiary/aromatic N) is 2. The van der Waals surface area contributed by atoms with Gasteiger partial charge in [-0.05, 0) is 56.4 Å². The molecule has 1 N–H and O–H groups in total. The molecule has 1 aromatic rings. The van der Waals surface area contributed by atoms with Crippen LogP contribution in [-0.4, -0.2) is 69.9 Å². The van der Waals surface area contributed by atoms with E-state index in [-0.39, 0.29) is 31.4 Å². The van der Waals surface area contributed by atoms with Crippen molar-refractivity contribution in [2.24, 2.45) is 0 Å². The highest BCUT2D eigenvalue weighted by atomic mass is 32.2. The lowest BCUT2D eigenvalue weighted by molar-refractivity contribution is -0.137. The molecule has 2 aliphatic rings. The number of benzene rings is 1. The monoisotopic (exact) mass is 492 g/mol. The number of ether oxygens (including phenoxy) is 2. The molecule has 2 fully saturated rings. The van der Waals surface area contributed by atoms with Crippen molar-refractivity contribution < 1.29 is 29.0 Å². The zero-order valence-corrected chi connectivity index (χ0v) is 20.2. The first-order valence-electron chi connectivity index (χ1n) is 11.0. The van der Waals surface area contributed by atoms with E-state index in [1.165, 1.54) is 16.7 Å². The second-order valence-electron chi connectivity index (χ2n) is 7.70. The first-order valence-corrected chi connectivity index (χ1v) is 12.3. The van der Waals surface area contributed by atoms with Crippen molar-refractivity contribution in [3.63, 3.8) is 0 Å². The molecule has 0 unspecified atom stereocenters. The van der Waals surface area contributed by atoms with Crippen molar-refractivity contribution in [1.29, 1.82) is 0 Å². The number of piperidine rings is 1. The second-order valence-corrected chi connectivity index (χ2v) is 9.38. The molecule has 10 heteroatoms. The van der Waals surface area contributed by atoms with Crippen molar-refractivity contribution in [1.82, 2.24) is 9.80 Å². The fourth-order valence-electron chi connectivity index (χ4n) is 3.61. The van der Waals surface area contributed by atoms with Crippen LogP contribution in [0.4, 0.5) is 0 Å². The Morgan fingerprint density at radius 1 is 1.18 bits per heavy atom. The molecule has 2 aliphatic heterocycles. The van der Waals surface area contributed by atoms with Crippen LogP contribution in [0.3, 0.4) is 0 Å². The van der Waals surface area contributed by atoms with Gasteiger partial charge in [0.2, 0.25) is 0 Å². The van der Waals surface area contributed by atoms with E-state index < -0.39 is 5.97 Å². The zero-order valence-electron chi connectivity index (χ0n) is 18.6. The van der Waals surface area contributed by atoms with Crippen LogP contribution in [0.15, 0.2) is 23.1 Å². The van der Waals surface area contributed by atoms with E-state index in [1.807, 2.05) is 11.8 Å². The Hall–Kier alpha value is -2.59. The molecule has 8 nitrogen and oxygen atoms in total. The first kappa shape index (κ1) is 25.0. The molecule has 3 rings (SSSR count). The fourth-order valence-corrected chi connectivity index (χ4v) is 4.92. The Labute approximate surface area is 202 Å². The van der Waals surface area contributed by atoms with Crippen LogP contribution < -0.4 is 9.47 Å². The minimum atomic E-state index is -0.903. The Balaban J connectivity index is 1.67. The molecule has 0 spiro atoms. The van der Waals surface area contributed by atoms with Gasteiger partial charge in [0.05, 0.1) is 11.5 Å². The summed E-state index contributed by atoms with van der Waals surface area (Å²) in [6, 6.07) is 5.29. The molecule has 2 amide bonds. The highest BCUT2D eigenvalue weighted by Crippen LogP contribution is 2.35. The molecule has 178 valence electrons. The molecule has 0 atom stereocenters. The number of carbonyl (C=O) groups is 3. The number of carbonyl (C=O) groups excluding carboxylic acids is 2. The average molecular weight is 493 g/mol. The largest absolute Gasteiger partial charge is 0.490 e. The standard InChI is InChI=1S/C23H28N2O6S2/c1-2-30-18-13-16(8-9-17(18)31-15-20(26)24-10-4-3-5-11-24)14-19-22(29)25(23(32)33-19)12-6-7-21(27)28/h8-9,13-14H,2-7,10-12,15H2,1H3,(H,27,28)/b19-14+. The number of hydrogen-bond acceptors (Lipinski definition) is 7. The van der Waals surface area contributed by atoms with Gasteiger partial charge in [0.1, 0.15) is 4.32 Å². The van der Waals surface area contributed by atoms with Crippen LogP contribution in [0, 0.1) is 0 Å². The van der Waals surface area contributed by atoms with Gasteiger partial charge in [-0.1, -0.05) is 30.0 Å². The van der Waals surface area contributed by atoms with Gasteiger partial charge < -0.3 is 19.5 Å². The summed E-state index contributed by atoms with van der Waals surface area (Å²) in [6.45, 7) is 4.05. The number of hydrogen-bond donors (Lipinski definition) is 1. The van der Waals surface area contributed by atoms with E-state index in [0.717, 1.165) is 37.9 Å². The average Bonchev–Trinajstić information content (AvgIpc) is 3.06. The molecule has 1 aromatic carbocycles. The van der Waals surface area contributed by atoms with Crippen molar-refractivity contribution in [2.45, 2.75) is 39.0 Å². The van der Waals surface area contributed by atoms with Crippen molar-refractivity contribution in [2.75, 3.05) is 32.8 Å². The van der Waals surface area contributed by atoms with Gasteiger partial charge in [-0.15, -0.1) is 0 Å². The third-order valence-corrected chi connectivity index (χ3v) is 6.65. The lowest BCUT2D eigenvalue weighted by atomic mass is 10.1. The summed E-state index contributed by atoms with van der Waals surface area (Å²) in [5.74, 6) is -0.205. The van der Waals surface area contributed by atoms with Gasteiger partial charge in [0, 0.05) is 26.1 Å². The number of thioether (sulfide) groups is 1. The maximum absolute atomic E-state index is 12.7. The van der Waals surface area contributed by atoms with Crippen LogP contribution in [0.5, 0.6) is 11.5 Å². The third-order valence-electron chi connectivity index (χ3n) is 5.27. The summed E-state index contributed by atoms with van der Waals surface area (Å²) in [5, 5.41) is 8.80. The summed E-state index contributed by atoms with van der Waals surface area (Å²) in [4.78, 5) is 39.6. The Morgan fingerprint density at radius 3 is 2.64 bits per heavy atom.